The summed E-state index contributed by atoms with van der Waals surface area (Å²) in [5.41, 5.74) is 1.50. The lowest BCUT2D eigenvalue weighted by Gasteiger charge is -2.68. The van der Waals surface area contributed by atoms with Crippen LogP contribution in [0.2, 0.25) is 0 Å². The third-order valence-corrected chi connectivity index (χ3v) is 12.2. The minimum atomic E-state index is -0.556. The summed E-state index contributed by atoms with van der Waals surface area (Å²) in [4.78, 5) is 12.8. The number of fused-ring (bicyclic) bond motifs is 5. The number of aliphatic carboxylic acids is 1. The first-order valence-corrected chi connectivity index (χ1v) is 13.9. The molecule has 4 rings (SSSR count). The predicted octanol–water partition coefficient (Wildman–Crippen LogP) is 7.48. The van der Waals surface area contributed by atoms with Gasteiger partial charge in [-0.05, 0) is 104 Å². The van der Waals surface area contributed by atoms with E-state index in [2.05, 4.69) is 54.5 Å². The highest BCUT2D eigenvalue weighted by Gasteiger charge is 2.66. The van der Waals surface area contributed by atoms with E-state index in [0.29, 0.717) is 23.7 Å². The molecule has 3 fully saturated rings. The quantitative estimate of drug-likeness (QED) is 0.420. The van der Waals surface area contributed by atoms with E-state index in [0.717, 1.165) is 44.9 Å². The van der Waals surface area contributed by atoms with Gasteiger partial charge < -0.3 is 10.2 Å². The van der Waals surface area contributed by atoms with Crippen LogP contribution in [0.3, 0.4) is 0 Å². The van der Waals surface area contributed by atoms with Crippen LogP contribution in [0.15, 0.2) is 11.6 Å². The Labute approximate surface area is 202 Å². The summed E-state index contributed by atoms with van der Waals surface area (Å²) in [5.74, 6) is 1.59. The molecule has 3 nitrogen and oxygen atoms in total. The lowest BCUT2D eigenvalue weighted by molar-refractivity contribution is -0.171. The molecule has 2 N–H and O–H groups in total. The number of hydrogen-bond donors (Lipinski definition) is 2. The van der Waals surface area contributed by atoms with Gasteiger partial charge in [-0.3, -0.25) is 4.79 Å². The molecule has 4 aliphatic carbocycles. The van der Waals surface area contributed by atoms with Gasteiger partial charge in [-0.15, -0.1) is 0 Å². The smallest absolute Gasteiger partial charge is 0.310 e. The molecule has 0 amide bonds. The van der Waals surface area contributed by atoms with E-state index >= 15 is 0 Å². The van der Waals surface area contributed by atoms with Gasteiger partial charge >= 0.3 is 5.97 Å². The molecule has 0 radical (unpaired) electrons. The Bertz CT molecular complexity index is 800. The maximum Gasteiger partial charge on any atom is 0.310 e. The lowest BCUT2D eigenvalue weighted by atomic mass is 9.36. The summed E-state index contributed by atoms with van der Waals surface area (Å²) in [6.45, 7) is 16.5. The van der Waals surface area contributed by atoms with E-state index in [4.69, 9.17) is 0 Å². The highest BCUT2D eigenvalue weighted by atomic mass is 16.4. The number of aliphatic hydroxyl groups is 1. The second kappa shape index (κ2) is 8.38. The summed E-state index contributed by atoms with van der Waals surface area (Å²) in [6, 6.07) is 0. The number of carboxylic acid groups (broad SMARTS) is 1. The van der Waals surface area contributed by atoms with Crippen LogP contribution in [0.25, 0.3) is 0 Å². The van der Waals surface area contributed by atoms with Crippen LogP contribution in [0.1, 0.15) is 113 Å². The first-order valence-electron chi connectivity index (χ1n) is 13.9. The molecule has 0 heterocycles. The number of aliphatic hydroxyl groups excluding tert-OH is 1. The topological polar surface area (TPSA) is 57.5 Å². The fourth-order valence-electron chi connectivity index (χ4n) is 9.41. The fraction of sp³-hybridized carbons (Fsp3) is 0.900. The molecule has 4 aliphatic rings. The van der Waals surface area contributed by atoms with Gasteiger partial charge in [0.25, 0.3) is 0 Å². The zero-order chi connectivity index (χ0) is 24.4. The van der Waals surface area contributed by atoms with Crippen molar-refractivity contribution in [1.82, 2.24) is 0 Å². The van der Waals surface area contributed by atoms with E-state index in [-0.39, 0.29) is 28.3 Å². The van der Waals surface area contributed by atoms with E-state index in [1.807, 2.05) is 0 Å². The Morgan fingerprint density at radius 3 is 2.42 bits per heavy atom. The van der Waals surface area contributed by atoms with Crippen LogP contribution in [0.4, 0.5) is 0 Å². The van der Waals surface area contributed by atoms with E-state index in [1.54, 1.807) is 0 Å². The van der Waals surface area contributed by atoms with E-state index in [1.165, 1.54) is 24.8 Å². The Hall–Kier alpha value is -0.830. The van der Waals surface area contributed by atoms with Crippen molar-refractivity contribution in [3.05, 3.63) is 11.6 Å². The number of carbonyl (C=O) groups is 1. The zero-order valence-corrected chi connectivity index (χ0v) is 22.4. The molecule has 9 atom stereocenters. The first-order chi connectivity index (χ1) is 15.3. The van der Waals surface area contributed by atoms with Crippen LogP contribution in [-0.2, 0) is 4.79 Å². The van der Waals surface area contributed by atoms with Crippen molar-refractivity contribution < 1.29 is 15.0 Å². The SMILES string of the molecule is CC(C)C(O)CCC1(C)CCCC2(C)C1CC=C1C3C(C)C(C)CCC3(C(=O)O)CCC12C. The van der Waals surface area contributed by atoms with Crippen molar-refractivity contribution in [3.63, 3.8) is 0 Å². The van der Waals surface area contributed by atoms with Crippen molar-refractivity contribution in [2.45, 2.75) is 119 Å². The minimum Gasteiger partial charge on any atom is -0.481 e. The van der Waals surface area contributed by atoms with E-state index in [9.17, 15) is 15.0 Å². The van der Waals surface area contributed by atoms with Gasteiger partial charge in [0.15, 0.2) is 0 Å². The van der Waals surface area contributed by atoms with Gasteiger partial charge in [-0.25, -0.2) is 0 Å². The van der Waals surface area contributed by atoms with Gasteiger partial charge in [-0.1, -0.05) is 66.5 Å². The number of rotatable bonds is 5. The Kier molecular flexibility index (Phi) is 6.42. The second-order valence-corrected chi connectivity index (χ2v) is 13.9. The maximum atomic E-state index is 12.8. The summed E-state index contributed by atoms with van der Waals surface area (Å²) < 4.78 is 0. The normalized spacial score (nSPS) is 48.3. The molecule has 9 unspecified atom stereocenters. The predicted molar refractivity (Wildman–Crippen MR) is 135 cm³/mol. The largest absolute Gasteiger partial charge is 0.481 e. The molecular formula is C30H50O3. The fourth-order valence-corrected chi connectivity index (χ4v) is 9.41. The third kappa shape index (κ3) is 3.57. The Balaban J connectivity index is 1.73. The molecule has 188 valence electrons. The zero-order valence-electron chi connectivity index (χ0n) is 22.4. The monoisotopic (exact) mass is 458 g/mol. The molecule has 0 aliphatic heterocycles. The highest BCUT2D eigenvalue weighted by molar-refractivity contribution is 5.76. The molecule has 0 aromatic carbocycles. The number of hydrogen-bond acceptors (Lipinski definition) is 2. The number of allylic oxidation sites excluding steroid dienone is 2. The highest BCUT2D eigenvalue weighted by Crippen LogP contribution is 2.73. The minimum absolute atomic E-state index is 0.0865. The average Bonchev–Trinajstić information content (AvgIpc) is 2.75. The standard InChI is InChI=1S/C30H50O3/c1-19(2)23(31)12-15-27(5)13-8-14-29(7)24(27)10-9-22-25-21(4)20(3)11-16-30(25,26(32)33)18-17-28(22,29)6/h9,19-21,23-25,31H,8,10-18H2,1-7H3,(H,32,33). The van der Waals surface area contributed by atoms with Crippen molar-refractivity contribution in [3.8, 4) is 0 Å². The molecule has 0 aromatic heterocycles. The van der Waals surface area contributed by atoms with Crippen LogP contribution in [0, 0.1) is 51.2 Å². The van der Waals surface area contributed by atoms with Gasteiger partial charge in [0.2, 0.25) is 0 Å². The van der Waals surface area contributed by atoms with Crippen molar-refractivity contribution in [2.24, 2.45) is 51.2 Å². The van der Waals surface area contributed by atoms with Crippen molar-refractivity contribution in [1.29, 1.82) is 0 Å². The van der Waals surface area contributed by atoms with Gasteiger partial charge in [0, 0.05) is 0 Å². The van der Waals surface area contributed by atoms with Crippen molar-refractivity contribution in [2.75, 3.05) is 0 Å². The Morgan fingerprint density at radius 1 is 1.09 bits per heavy atom. The molecule has 33 heavy (non-hydrogen) atoms. The molecule has 3 saturated carbocycles. The molecule has 3 heteroatoms. The Morgan fingerprint density at radius 2 is 1.79 bits per heavy atom. The molecule has 0 spiro atoms. The van der Waals surface area contributed by atoms with Crippen LogP contribution in [0.5, 0.6) is 0 Å². The number of carboxylic acids is 1. The van der Waals surface area contributed by atoms with Crippen LogP contribution >= 0.6 is 0 Å². The molecule has 0 aromatic rings. The molecule has 0 bridgehead atoms. The maximum absolute atomic E-state index is 12.8. The summed E-state index contributed by atoms with van der Waals surface area (Å²) in [7, 11) is 0. The summed E-state index contributed by atoms with van der Waals surface area (Å²) in [5, 5.41) is 21.1. The molecule has 0 saturated heterocycles. The van der Waals surface area contributed by atoms with Crippen LogP contribution in [-0.4, -0.2) is 22.3 Å². The average molecular weight is 459 g/mol. The third-order valence-electron chi connectivity index (χ3n) is 12.2. The summed E-state index contributed by atoms with van der Waals surface area (Å²) in [6.07, 6.45) is 12.9. The molecular weight excluding hydrogens is 408 g/mol. The van der Waals surface area contributed by atoms with E-state index < -0.39 is 11.4 Å². The first kappa shape index (κ1) is 25.3. The van der Waals surface area contributed by atoms with Crippen molar-refractivity contribution >= 4 is 5.97 Å². The second-order valence-electron chi connectivity index (χ2n) is 13.9. The van der Waals surface area contributed by atoms with Gasteiger partial charge in [-0.2, -0.15) is 0 Å². The van der Waals surface area contributed by atoms with Gasteiger partial charge in [0.05, 0.1) is 11.5 Å². The van der Waals surface area contributed by atoms with Gasteiger partial charge in [0.1, 0.15) is 0 Å². The van der Waals surface area contributed by atoms with Crippen LogP contribution < -0.4 is 0 Å². The summed E-state index contributed by atoms with van der Waals surface area (Å²) >= 11 is 0. The lowest BCUT2D eigenvalue weighted by Crippen LogP contribution is -2.61.